The number of phenols is 1. The fourth-order valence-corrected chi connectivity index (χ4v) is 2.65. The van der Waals surface area contributed by atoms with E-state index in [0.29, 0.717) is 5.56 Å². The van der Waals surface area contributed by atoms with Gasteiger partial charge in [0.15, 0.2) is 0 Å². The van der Waals surface area contributed by atoms with E-state index in [1.165, 1.54) is 38.1 Å². The minimum Gasteiger partial charge on any atom is -0.508 e. The van der Waals surface area contributed by atoms with Gasteiger partial charge in [-0.25, -0.2) is 4.79 Å². The molecular weight excluding hydrogens is 428 g/mol. The highest BCUT2D eigenvalue weighted by Gasteiger charge is 2.30. The summed E-state index contributed by atoms with van der Waals surface area (Å²) in [6, 6.07) is 1.02. The van der Waals surface area contributed by atoms with Crippen molar-refractivity contribution in [2.24, 2.45) is 5.73 Å². The number of carboxylic acid groups (broad SMARTS) is 1. The molecule has 8 N–H and O–H groups in total. The highest BCUT2D eigenvalue weighted by molar-refractivity contribution is 7.80. The summed E-state index contributed by atoms with van der Waals surface area (Å²) in [5.74, 6) is -3.56. The van der Waals surface area contributed by atoms with Crippen molar-refractivity contribution >= 4 is 36.3 Å². The summed E-state index contributed by atoms with van der Waals surface area (Å²) in [6.07, 6.45) is -1.33. The van der Waals surface area contributed by atoms with Crippen molar-refractivity contribution in [1.82, 2.24) is 16.0 Å². The fourth-order valence-electron chi connectivity index (χ4n) is 2.48. The van der Waals surface area contributed by atoms with E-state index < -0.39 is 54.0 Å². The molecule has 0 aliphatic rings. The van der Waals surface area contributed by atoms with Crippen molar-refractivity contribution in [3.63, 3.8) is 0 Å². The molecule has 1 rings (SSSR count). The van der Waals surface area contributed by atoms with Crippen molar-refractivity contribution in [3.8, 4) is 5.75 Å². The maximum absolute atomic E-state index is 12.4. The van der Waals surface area contributed by atoms with Crippen LogP contribution in [0.2, 0.25) is 0 Å². The van der Waals surface area contributed by atoms with Crippen LogP contribution in [-0.2, 0) is 25.6 Å². The zero-order chi connectivity index (χ0) is 23.7. The number of amides is 3. The number of aliphatic hydroxyl groups is 1. The lowest BCUT2D eigenvalue weighted by Gasteiger charge is -2.24. The van der Waals surface area contributed by atoms with E-state index in [0.717, 1.165) is 0 Å². The summed E-state index contributed by atoms with van der Waals surface area (Å²) >= 11 is 3.89. The molecule has 172 valence electrons. The maximum atomic E-state index is 12.4. The smallest absolute Gasteiger partial charge is 0.326 e. The van der Waals surface area contributed by atoms with Gasteiger partial charge in [0, 0.05) is 12.2 Å². The molecule has 0 aliphatic heterocycles. The average molecular weight is 457 g/mol. The highest BCUT2D eigenvalue weighted by Crippen LogP contribution is 2.11. The van der Waals surface area contributed by atoms with Gasteiger partial charge in [-0.15, -0.1) is 0 Å². The predicted octanol–water partition coefficient (Wildman–Crippen LogP) is -1.87. The van der Waals surface area contributed by atoms with E-state index in [1.54, 1.807) is 0 Å². The van der Waals surface area contributed by atoms with Gasteiger partial charge in [0.1, 0.15) is 23.9 Å². The molecule has 0 saturated heterocycles. The third kappa shape index (κ3) is 8.44. The number of phenolic OH excluding ortho intramolecular Hbond substituents is 1. The van der Waals surface area contributed by atoms with Crippen LogP contribution in [0.4, 0.5) is 0 Å². The van der Waals surface area contributed by atoms with Gasteiger partial charge in [0.2, 0.25) is 17.7 Å². The second-order valence-electron chi connectivity index (χ2n) is 7.02. The number of aliphatic carboxylic acids is 1. The fraction of sp³-hybridized carbons (Fsp3) is 0.474. The van der Waals surface area contributed by atoms with Crippen LogP contribution in [0, 0.1) is 0 Å². The quantitative estimate of drug-likeness (QED) is 0.178. The normalized spacial score (nSPS) is 15.6. The molecule has 3 amide bonds. The molecule has 0 bridgehead atoms. The standard InChI is InChI=1S/C19H28N4O7S/c1-9(21-18(28)15(10(2)24)23-17(27)13(20)8-31)16(26)22-14(19(29)30)7-11-3-5-12(25)6-4-11/h3-6,9-10,13-15,24-25,31H,7-8,20H2,1-2H3,(H,21,28)(H,22,26)(H,23,27)(H,29,30). The van der Waals surface area contributed by atoms with E-state index in [2.05, 4.69) is 28.6 Å². The van der Waals surface area contributed by atoms with E-state index >= 15 is 0 Å². The van der Waals surface area contributed by atoms with Gasteiger partial charge in [-0.2, -0.15) is 12.6 Å². The molecule has 0 aromatic heterocycles. The first kappa shape index (κ1) is 26.2. The van der Waals surface area contributed by atoms with Crippen molar-refractivity contribution in [1.29, 1.82) is 0 Å². The molecule has 0 aliphatic carbocycles. The minimum atomic E-state index is -1.37. The molecule has 0 radical (unpaired) electrons. The third-order valence-corrected chi connectivity index (χ3v) is 4.73. The van der Waals surface area contributed by atoms with E-state index in [-0.39, 0.29) is 17.9 Å². The number of nitrogens with two attached hydrogens (primary N) is 1. The Balaban J connectivity index is 2.76. The van der Waals surface area contributed by atoms with Gasteiger partial charge >= 0.3 is 5.97 Å². The summed E-state index contributed by atoms with van der Waals surface area (Å²) in [6.45, 7) is 2.60. The SMILES string of the molecule is CC(NC(=O)C(NC(=O)C(N)CS)C(C)O)C(=O)NC(Cc1ccc(O)cc1)C(=O)O. The van der Waals surface area contributed by atoms with Gasteiger partial charge in [-0.1, -0.05) is 12.1 Å². The monoisotopic (exact) mass is 456 g/mol. The van der Waals surface area contributed by atoms with Crippen molar-refractivity contribution in [2.45, 2.75) is 50.5 Å². The Hall–Kier alpha value is -2.83. The van der Waals surface area contributed by atoms with Crippen LogP contribution in [-0.4, -0.2) is 75.0 Å². The second kappa shape index (κ2) is 12.1. The number of carboxylic acids is 1. The number of hydrogen-bond donors (Lipinski definition) is 8. The molecule has 5 unspecified atom stereocenters. The second-order valence-corrected chi connectivity index (χ2v) is 7.38. The van der Waals surface area contributed by atoms with Crippen LogP contribution in [0.5, 0.6) is 5.75 Å². The van der Waals surface area contributed by atoms with Crippen LogP contribution in [0.25, 0.3) is 0 Å². The summed E-state index contributed by atoms with van der Waals surface area (Å²) in [5, 5.41) is 35.4. The lowest BCUT2D eigenvalue weighted by molar-refractivity contribution is -0.142. The zero-order valence-electron chi connectivity index (χ0n) is 17.1. The van der Waals surface area contributed by atoms with Gasteiger partial charge in [0.25, 0.3) is 0 Å². The summed E-state index contributed by atoms with van der Waals surface area (Å²) < 4.78 is 0. The van der Waals surface area contributed by atoms with Crippen molar-refractivity contribution < 1.29 is 34.5 Å². The number of aromatic hydroxyl groups is 1. The Morgan fingerprint density at radius 1 is 1.00 bits per heavy atom. The first-order chi connectivity index (χ1) is 14.5. The number of carbonyl (C=O) groups is 4. The average Bonchev–Trinajstić information content (AvgIpc) is 2.71. The number of aliphatic hydroxyl groups excluding tert-OH is 1. The number of rotatable bonds is 11. The molecule has 0 fully saturated rings. The number of hydrogen-bond acceptors (Lipinski definition) is 8. The predicted molar refractivity (Wildman–Crippen MR) is 114 cm³/mol. The Morgan fingerprint density at radius 3 is 2.06 bits per heavy atom. The highest BCUT2D eigenvalue weighted by atomic mass is 32.1. The first-order valence-corrected chi connectivity index (χ1v) is 10.1. The first-order valence-electron chi connectivity index (χ1n) is 9.42. The van der Waals surface area contributed by atoms with Crippen LogP contribution in [0.3, 0.4) is 0 Å². The number of nitrogens with one attached hydrogen (secondary N) is 3. The molecule has 1 aromatic rings. The van der Waals surface area contributed by atoms with Gasteiger partial charge < -0.3 is 37.0 Å². The Bertz CT molecular complexity index is 788. The van der Waals surface area contributed by atoms with Crippen LogP contribution >= 0.6 is 12.6 Å². The molecule has 11 nitrogen and oxygen atoms in total. The molecular formula is C19H28N4O7S. The zero-order valence-corrected chi connectivity index (χ0v) is 18.0. The lowest BCUT2D eigenvalue weighted by Crippen LogP contribution is -2.59. The van der Waals surface area contributed by atoms with E-state index in [4.69, 9.17) is 5.73 Å². The van der Waals surface area contributed by atoms with Crippen molar-refractivity contribution in [2.75, 3.05) is 5.75 Å². The molecule has 0 heterocycles. The van der Waals surface area contributed by atoms with E-state index in [1.807, 2.05) is 0 Å². The molecule has 31 heavy (non-hydrogen) atoms. The number of benzene rings is 1. The maximum Gasteiger partial charge on any atom is 0.326 e. The molecule has 12 heteroatoms. The topological polar surface area (TPSA) is 191 Å². The Labute approximate surface area is 184 Å². The van der Waals surface area contributed by atoms with Gasteiger partial charge in [0.05, 0.1) is 12.1 Å². The number of thiol groups is 1. The van der Waals surface area contributed by atoms with E-state index in [9.17, 15) is 34.5 Å². The lowest BCUT2D eigenvalue weighted by atomic mass is 10.1. The summed E-state index contributed by atoms with van der Waals surface area (Å²) in [7, 11) is 0. The number of carbonyl (C=O) groups excluding carboxylic acids is 3. The van der Waals surface area contributed by atoms with Gasteiger partial charge in [-0.3, -0.25) is 14.4 Å². The summed E-state index contributed by atoms with van der Waals surface area (Å²) in [4.78, 5) is 48.2. The molecule has 1 aromatic carbocycles. The van der Waals surface area contributed by atoms with Crippen LogP contribution in [0.1, 0.15) is 19.4 Å². The Kier molecular flexibility index (Phi) is 10.3. The summed E-state index contributed by atoms with van der Waals surface area (Å²) in [5.41, 5.74) is 6.10. The largest absolute Gasteiger partial charge is 0.508 e. The van der Waals surface area contributed by atoms with Crippen LogP contribution in [0.15, 0.2) is 24.3 Å². The third-order valence-electron chi connectivity index (χ3n) is 4.34. The Morgan fingerprint density at radius 2 is 1.58 bits per heavy atom. The van der Waals surface area contributed by atoms with Gasteiger partial charge in [-0.05, 0) is 31.5 Å². The van der Waals surface area contributed by atoms with Crippen molar-refractivity contribution in [3.05, 3.63) is 29.8 Å². The minimum absolute atomic E-state index is 0.0195. The molecule has 0 spiro atoms. The molecule has 0 saturated carbocycles. The molecule has 5 atom stereocenters. The van der Waals surface area contributed by atoms with Crippen LogP contribution < -0.4 is 21.7 Å².